The lowest BCUT2D eigenvalue weighted by molar-refractivity contribution is 0.0934. The number of hydrogen-bond acceptors (Lipinski definition) is 3. The van der Waals surface area contributed by atoms with Crippen molar-refractivity contribution in [2.75, 3.05) is 6.61 Å². The summed E-state index contributed by atoms with van der Waals surface area (Å²) in [5, 5.41) is 10.3. The number of ether oxygens (including phenoxy) is 1. The van der Waals surface area contributed by atoms with Crippen molar-refractivity contribution in [3.8, 4) is 5.75 Å². The molecular weight excluding hydrogens is 312 g/mol. The smallest absolute Gasteiger partial charge is 0.119 e. The van der Waals surface area contributed by atoms with Crippen LogP contribution in [0.3, 0.4) is 0 Å². The number of imidazole rings is 1. The Morgan fingerprint density at radius 3 is 2.44 bits per heavy atom. The molecular formula is C21H26N2O2. The van der Waals surface area contributed by atoms with Crippen LogP contribution in [-0.4, -0.2) is 27.4 Å². The summed E-state index contributed by atoms with van der Waals surface area (Å²) in [6.07, 6.45) is 1.19. The van der Waals surface area contributed by atoms with E-state index in [0.717, 1.165) is 16.8 Å². The highest BCUT2D eigenvalue weighted by molar-refractivity contribution is 5.77. The quantitative estimate of drug-likeness (QED) is 0.732. The molecule has 3 aromatic rings. The van der Waals surface area contributed by atoms with Gasteiger partial charge >= 0.3 is 0 Å². The first-order chi connectivity index (χ1) is 11.9. The Balaban J connectivity index is 1.63. The van der Waals surface area contributed by atoms with Gasteiger partial charge in [-0.05, 0) is 60.7 Å². The van der Waals surface area contributed by atoms with Crippen LogP contribution in [0.15, 0.2) is 42.7 Å². The zero-order valence-electron chi connectivity index (χ0n) is 15.4. The Kier molecular flexibility index (Phi) is 5.09. The molecule has 0 aliphatic carbocycles. The van der Waals surface area contributed by atoms with Crippen molar-refractivity contribution in [1.82, 2.24) is 9.55 Å². The fourth-order valence-corrected chi connectivity index (χ4v) is 2.88. The van der Waals surface area contributed by atoms with Crippen LogP contribution in [-0.2, 0) is 6.54 Å². The normalized spacial score (nSPS) is 12.7. The molecule has 0 aliphatic heterocycles. The lowest BCUT2D eigenvalue weighted by atomic mass is 10.0. The van der Waals surface area contributed by atoms with Crippen LogP contribution in [0, 0.1) is 13.8 Å². The van der Waals surface area contributed by atoms with Crippen molar-refractivity contribution >= 4 is 11.0 Å². The van der Waals surface area contributed by atoms with Gasteiger partial charge in [-0.15, -0.1) is 0 Å². The predicted molar refractivity (Wildman–Crippen MR) is 101 cm³/mol. The van der Waals surface area contributed by atoms with E-state index in [1.807, 2.05) is 16.7 Å². The molecule has 1 atom stereocenters. The molecule has 0 unspecified atom stereocenters. The molecule has 1 heterocycles. The summed E-state index contributed by atoms with van der Waals surface area (Å²) in [5.74, 6) is 1.28. The van der Waals surface area contributed by atoms with E-state index in [9.17, 15) is 5.11 Å². The average Bonchev–Trinajstić information content (AvgIpc) is 2.95. The molecule has 0 saturated heterocycles. The van der Waals surface area contributed by atoms with Crippen LogP contribution in [0.5, 0.6) is 5.75 Å². The van der Waals surface area contributed by atoms with Crippen LogP contribution in [0.25, 0.3) is 11.0 Å². The van der Waals surface area contributed by atoms with E-state index in [4.69, 9.17) is 4.74 Å². The number of rotatable bonds is 6. The number of fused-ring (bicyclic) bond motifs is 1. The molecule has 0 radical (unpaired) electrons. The summed E-state index contributed by atoms with van der Waals surface area (Å²) in [6.45, 7) is 9.22. The molecule has 0 bridgehead atoms. The predicted octanol–water partition coefficient (Wildman–Crippen LogP) is 4.22. The molecule has 25 heavy (non-hydrogen) atoms. The first-order valence-electron chi connectivity index (χ1n) is 8.77. The van der Waals surface area contributed by atoms with Gasteiger partial charge < -0.3 is 14.4 Å². The summed E-state index contributed by atoms with van der Waals surface area (Å²) < 4.78 is 7.71. The van der Waals surface area contributed by atoms with E-state index in [1.54, 1.807) is 6.33 Å². The van der Waals surface area contributed by atoms with Crippen molar-refractivity contribution in [3.05, 3.63) is 59.4 Å². The van der Waals surface area contributed by atoms with Crippen molar-refractivity contribution in [3.63, 3.8) is 0 Å². The number of aromatic nitrogens is 2. The van der Waals surface area contributed by atoms with Gasteiger partial charge in [0.25, 0.3) is 0 Å². The van der Waals surface area contributed by atoms with E-state index in [1.165, 1.54) is 16.7 Å². The third-order valence-electron chi connectivity index (χ3n) is 4.63. The fraction of sp³-hybridized carbons (Fsp3) is 0.381. The third kappa shape index (κ3) is 4.02. The molecule has 132 valence electrons. The Labute approximate surface area is 149 Å². The summed E-state index contributed by atoms with van der Waals surface area (Å²) in [6, 6.07) is 12.3. The van der Waals surface area contributed by atoms with Crippen LogP contribution in [0.1, 0.15) is 36.5 Å². The number of aliphatic hydroxyl groups is 1. The van der Waals surface area contributed by atoms with Gasteiger partial charge in [0.15, 0.2) is 0 Å². The molecule has 4 heteroatoms. The van der Waals surface area contributed by atoms with Gasteiger partial charge in [-0.2, -0.15) is 0 Å². The molecule has 0 fully saturated rings. The molecule has 2 aromatic carbocycles. The van der Waals surface area contributed by atoms with Crippen LogP contribution < -0.4 is 4.74 Å². The number of aliphatic hydroxyl groups excluding tert-OH is 1. The summed E-state index contributed by atoms with van der Waals surface area (Å²) in [5.41, 5.74) is 5.74. The second-order valence-corrected chi connectivity index (χ2v) is 7.01. The minimum Gasteiger partial charge on any atom is -0.491 e. The zero-order chi connectivity index (χ0) is 18.0. The van der Waals surface area contributed by atoms with E-state index in [0.29, 0.717) is 12.5 Å². The molecule has 0 saturated carbocycles. The van der Waals surface area contributed by atoms with Crippen LogP contribution in [0.4, 0.5) is 0 Å². The van der Waals surface area contributed by atoms with Gasteiger partial charge in [0, 0.05) is 0 Å². The Morgan fingerprint density at radius 2 is 1.76 bits per heavy atom. The molecule has 0 aliphatic rings. The number of benzene rings is 2. The zero-order valence-corrected chi connectivity index (χ0v) is 15.4. The van der Waals surface area contributed by atoms with Gasteiger partial charge in [-0.3, -0.25) is 0 Å². The van der Waals surface area contributed by atoms with Gasteiger partial charge in [0.1, 0.15) is 18.5 Å². The second-order valence-electron chi connectivity index (χ2n) is 7.01. The first kappa shape index (κ1) is 17.5. The highest BCUT2D eigenvalue weighted by Gasteiger charge is 2.11. The lowest BCUT2D eigenvalue weighted by Crippen LogP contribution is -2.23. The summed E-state index contributed by atoms with van der Waals surface area (Å²) in [4.78, 5) is 4.43. The molecule has 3 rings (SSSR count). The molecule has 0 spiro atoms. The highest BCUT2D eigenvalue weighted by Crippen LogP contribution is 2.20. The van der Waals surface area contributed by atoms with Gasteiger partial charge in [-0.25, -0.2) is 4.98 Å². The Hall–Kier alpha value is -2.33. The van der Waals surface area contributed by atoms with Crippen LogP contribution in [0.2, 0.25) is 0 Å². The van der Waals surface area contributed by atoms with Crippen molar-refractivity contribution in [2.24, 2.45) is 0 Å². The lowest BCUT2D eigenvalue weighted by Gasteiger charge is -2.14. The third-order valence-corrected chi connectivity index (χ3v) is 4.63. The summed E-state index contributed by atoms with van der Waals surface area (Å²) >= 11 is 0. The van der Waals surface area contributed by atoms with Gasteiger partial charge in [-0.1, -0.05) is 26.0 Å². The van der Waals surface area contributed by atoms with Crippen LogP contribution >= 0.6 is 0 Å². The molecule has 1 N–H and O–H groups in total. The minimum absolute atomic E-state index is 0.255. The minimum atomic E-state index is -0.594. The molecule has 1 aromatic heterocycles. The van der Waals surface area contributed by atoms with Crippen molar-refractivity contribution in [1.29, 1.82) is 0 Å². The fourth-order valence-electron chi connectivity index (χ4n) is 2.88. The van der Waals surface area contributed by atoms with Gasteiger partial charge in [0.2, 0.25) is 0 Å². The van der Waals surface area contributed by atoms with Crippen molar-refractivity contribution < 1.29 is 9.84 Å². The van der Waals surface area contributed by atoms with Gasteiger partial charge in [0.05, 0.1) is 23.9 Å². The molecule has 0 amide bonds. The largest absolute Gasteiger partial charge is 0.491 e. The second kappa shape index (κ2) is 7.28. The number of hydrogen-bond donors (Lipinski definition) is 1. The van der Waals surface area contributed by atoms with E-state index >= 15 is 0 Å². The van der Waals surface area contributed by atoms with E-state index in [-0.39, 0.29) is 6.61 Å². The molecule has 4 nitrogen and oxygen atoms in total. The Morgan fingerprint density at radius 1 is 1.08 bits per heavy atom. The first-order valence-corrected chi connectivity index (χ1v) is 8.77. The van der Waals surface area contributed by atoms with E-state index < -0.39 is 6.10 Å². The maximum Gasteiger partial charge on any atom is 0.119 e. The van der Waals surface area contributed by atoms with Crippen molar-refractivity contribution in [2.45, 2.75) is 46.3 Å². The number of aryl methyl sites for hydroxylation is 2. The maximum atomic E-state index is 10.3. The SMILES string of the molecule is Cc1cc2ncn(C[C@H](O)COc3ccc(C(C)C)cc3)c2cc1C. The van der Waals surface area contributed by atoms with E-state index in [2.05, 4.69) is 56.9 Å². The standard InChI is InChI=1S/C21H26N2O2/c1-14(2)17-5-7-19(8-6-17)25-12-18(24)11-23-13-22-20-9-15(3)16(4)10-21(20)23/h5-10,13-14,18,24H,11-12H2,1-4H3/t18-/m0/s1. The maximum absolute atomic E-state index is 10.3. The summed E-state index contributed by atoms with van der Waals surface area (Å²) in [7, 11) is 0. The number of nitrogens with zero attached hydrogens (tertiary/aromatic N) is 2. The monoisotopic (exact) mass is 338 g/mol. The average molecular weight is 338 g/mol. The highest BCUT2D eigenvalue weighted by atomic mass is 16.5. The topological polar surface area (TPSA) is 47.3 Å². The Bertz CT molecular complexity index is 850.